The van der Waals surface area contributed by atoms with Crippen molar-refractivity contribution in [2.75, 3.05) is 11.5 Å². The summed E-state index contributed by atoms with van der Waals surface area (Å²) in [7, 11) is 0. The van der Waals surface area contributed by atoms with Gasteiger partial charge in [-0.25, -0.2) is 0 Å². The van der Waals surface area contributed by atoms with Gasteiger partial charge in [-0.05, 0) is 65.0 Å². The van der Waals surface area contributed by atoms with Gasteiger partial charge in [0.05, 0.1) is 11.8 Å². The molecule has 5 N–H and O–H groups in total. The van der Waals surface area contributed by atoms with Crippen LogP contribution in [0.15, 0.2) is 27.7 Å². The number of hydrogen-bond donors (Lipinski definition) is 3. The summed E-state index contributed by atoms with van der Waals surface area (Å²) in [5.74, 6) is 0.424. The highest BCUT2D eigenvalue weighted by atomic mass is 32.1. The molecular formula is C22H36N4O2S2. The van der Waals surface area contributed by atoms with Crippen LogP contribution in [0, 0.1) is 6.92 Å². The fraction of sp³-hybridized carbons (Fsp3) is 0.545. The van der Waals surface area contributed by atoms with Crippen molar-refractivity contribution < 1.29 is 9.63 Å². The number of hydrogen-bond acceptors (Lipinski definition) is 8. The normalized spacial score (nSPS) is 11.9. The highest BCUT2D eigenvalue weighted by molar-refractivity contribution is 7.10. The van der Waals surface area contributed by atoms with E-state index in [0.29, 0.717) is 5.88 Å². The highest BCUT2D eigenvalue weighted by Crippen LogP contribution is 2.29. The van der Waals surface area contributed by atoms with Crippen molar-refractivity contribution in [2.24, 2.45) is 0 Å². The van der Waals surface area contributed by atoms with Crippen LogP contribution in [-0.4, -0.2) is 14.6 Å². The maximum absolute atomic E-state index is 9.57. The molecule has 3 aromatic heterocycles. The van der Waals surface area contributed by atoms with Crippen molar-refractivity contribution in [1.82, 2.24) is 9.53 Å². The smallest absolute Gasteiger partial charge is 0.225 e. The molecule has 0 atom stereocenters. The maximum atomic E-state index is 9.57. The van der Waals surface area contributed by atoms with Gasteiger partial charge in [0.2, 0.25) is 5.88 Å². The van der Waals surface area contributed by atoms with Gasteiger partial charge >= 0.3 is 0 Å². The van der Waals surface area contributed by atoms with E-state index in [4.69, 9.17) is 16.0 Å². The Balaban J connectivity index is 0.000000225. The van der Waals surface area contributed by atoms with E-state index >= 15 is 0 Å². The van der Waals surface area contributed by atoms with Gasteiger partial charge in [-0.3, -0.25) is 0 Å². The molecule has 30 heavy (non-hydrogen) atoms. The molecule has 0 aromatic carbocycles. The zero-order valence-electron chi connectivity index (χ0n) is 19.5. The van der Waals surface area contributed by atoms with E-state index in [1.807, 2.05) is 37.7 Å². The van der Waals surface area contributed by atoms with Crippen LogP contribution in [0.25, 0.3) is 0 Å². The molecule has 6 nitrogen and oxygen atoms in total. The van der Waals surface area contributed by atoms with E-state index in [-0.39, 0.29) is 10.8 Å². The third-order valence-corrected chi connectivity index (χ3v) is 5.82. The summed E-state index contributed by atoms with van der Waals surface area (Å²) >= 11 is 2.99. The first kappa shape index (κ1) is 26.1. The lowest BCUT2D eigenvalue weighted by atomic mass is 9.89. The van der Waals surface area contributed by atoms with Crippen molar-refractivity contribution in [3.8, 4) is 0 Å². The number of aromatic nitrogens is 2. The molecule has 0 aliphatic carbocycles. The number of aryl methyl sites for hydroxylation is 1. The minimum atomic E-state index is -0.677. The second-order valence-electron chi connectivity index (χ2n) is 9.73. The summed E-state index contributed by atoms with van der Waals surface area (Å²) in [6, 6.07) is 0. The summed E-state index contributed by atoms with van der Waals surface area (Å²) in [6.45, 7) is 18.2. The van der Waals surface area contributed by atoms with Crippen molar-refractivity contribution >= 4 is 33.8 Å². The molecule has 0 amide bonds. The average Bonchev–Trinajstić information content (AvgIpc) is 3.27. The van der Waals surface area contributed by atoms with E-state index in [1.54, 1.807) is 17.5 Å². The molecule has 0 bridgehead atoms. The Labute approximate surface area is 188 Å². The monoisotopic (exact) mass is 452 g/mol. The Bertz CT molecular complexity index is 787. The highest BCUT2D eigenvalue weighted by Gasteiger charge is 2.20. The number of nitrogens with zero attached hydrogens (tertiary/aromatic N) is 2. The summed E-state index contributed by atoms with van der Waals surface area (Å²) in [5.41, 5.74) is 15.0. The molecule has 3 heterocycles. The Kier molecular flexibility index (Phi) is 8.66. The number of thiophene rings is 1. The van der Waals surface area contributed by atoms with Gasteiger partial charge in [0, 0.05) is 17.3 Å². The van der Waals surface area contributed by atoms with E-state index in [9.17, 15) is 5.11 Å². The summed E-state index contributed by atoms with van der Waals surface area (Å²) < 4.78 is 8.72. The third kappa shape index (κ3) is 7.74. The van der Waals surface area contributed by atoms with E-state index in [2.05, 4.69) is 51.1 Å². The second-order valence-corrected chi connectivity index (χ2v) is 11.3. The van der Waals surface area contributed by atoms with Crippen LogP contribution in [-0.2, 0) is 16.4 Å². The summed E-state index contributed by atoms with van der Waals surface area (Å²) in [5, 5.41) is 18.0. The Morgan fingerprint density at radius 2 is 1.43 bits per heavy atom. The number of rotatable bonds is 1. The quantitative estimate of drug-likeness (QED) is 0.426. The van der Waals surface area contributed by atoms with Gasteiger partial charge in [0.1, 0.15) is 5.00 Å². The molecule has 0 aliphatic rings. The molecule has 0 radical (unpaired) electrons. The van der Waals surface area contributed by atoms with E-state index in [0.717, 1.165) is 21.7 Å². The standard InChI is InChI=1S/C8H12OS.C7H12N2O.C7H12N2S/c1-6-4-10-5-7(6)8(2,3)9;2*1-7(2,3)5-4-9-10-6(5)8/h4-5,9H,1-3H3;2*4H,8H2,1-3H3. The predicted molar refractivity (Wildman–Crippen MR) is 129 cm³/mol. The van der Waals surface area contributed by atoms with Gasteiger partial charge in [-0.15, -0.1) is 0 Å². The minimum Gasteiger partial charge on any atom is -0.389 e. The average molecular weight is 453 g/mol. The topological polar surface area (TPSA) is 111 Å². The molecule has 0 unspecified atom stereocenters. The van der Waals surface area contributed by atoms with Crippen LogP contribution in [0.2, 0.25) is 0 Å². The molecule has 3 rings (SSSR count). The third-order valence-electron chi connectivity index (χ3n) is 4.33. The van der Waals surface area contributed by atoms with Gasteiger partial charge in [0.15, 0.2) is 0 Å². The van der Waals surface area contributed by atoms with Gasteiger partial charge in [-0.1, -0.05) is 46.7 Å². The maximum Gasteiger partial charge on any atom is 0.225 e. The SMILES string of the molecule is CC(C)(C)c1cnoc1N.CC(C)(C)c1cnsc1N.Cc1cscc1C(C)(C)O. The van der Waals surface area contributed by atoms with Crippen LogP contribution in [0.5, 0.6) is 0 Å². The molecular weight excluding hydrogens is 416 g/mol. The van der Waals surface area contributed by atoms with Crippen molar-refractivity contribution in [3.63, 3.8) is 0 Å². The summed E-state index contributed by atoms with van der Waals surface area (Å²) in [6.07, 6.45) is 3.51. The Hall–Kier alpha value is -1.90. The molecule has 0 aliphatic heterocycles. The van der Waals surface area contributed by atoms with Gasteiger partial charge < -0.3 is 21.1 Å². The molecule has 8 heteroatoms. The van der Waals surface area contributed by atoms with Crippen LogP contribution < -0.4 is 11.5 Å². The predicted octanol–water partition coefficient (Wildman–Crippen LogP) is 5.86. The molecule has 0 saturated carbocycles. The largest absolute Gasteiger partial charge is 0.389 e. The zero-order valence-corrected chi connectivity index (χ0v) is 21.2. The molecule has 168 valence electrons. The fourth-order valence-electron chi connectivity index (χ4n) is 2.61. The van der Waals surface area contributed by atoms with Crippen LogP contribution >= 0.6 is 22.9 Å². The van der Waals surface area contributed by atoms with Crippen LogP contribution in [0.1, 0.15) is 77.6 Å². The van der Waals surface area contributed by atoms with Crippen molar-refractivity contribution in [3.05, 3.63) is 45.4 Å². The lowest BCUT2D eigenvalue weighted by molar-refractivity contribution is 0.0784. The lowest BCUT2D eigenvalue weighted by Gasteiger charge is -2.16. The first-order valence-corrected chi connectivity index (χ1v) is 11.4. The zero-order chi connectivity index (χ0) is 23.3. The number of nitrogen functional groups attached to an aromatic ring is 2. The summed E-state index contributed by atoms with van der Waals surface area (Å²) in [4.78, 5) is 0. The molecule has 0 fully saturated rings. The first-order chi connectivity index (χ1) is 13.5. The molecule has 3 aromatic rings. The molecule has 0 spiro atoms. The van der Waals surface area contributed by atoms with Gasteiger partial charge in [0.25, 0.3) is 0 Å². The molecule has 0 saturated heterocycles. The Morgan fingerprint density at radius 1 is 0.867 bits per heavy atom. The van der Waals surface area contributed by atoms with Crippen LogP contribution in [0.3, 0.4) is 0 Å². The number of nitrogens with two attached hydrogens (primary N) is 2. The first-order valence-electron chi connectivity index (χ1n) is 9.72. The Morgan fingerprint density at radius 3 is 1.63 bits per heavy atom. The van der Waals surface area contributed by atoms with E-state index in [1.165, 1.54) is 17.1 Å². The minimum absolute atomic E-state index is 0.0318. The van der Waals surface area contributed by atoms with E-state index < -0.39 is 5.60 Å². The van der Waals surface area contributed by atoms with Crippen molar-refractivity contribution in [2.45, 2.75) is 78.7 Å². The number of anilines is 2. The number of aliphatic hydroxyl groups is 1. The lowest BCUT2D eigenvalue weighted by Crippen LogP contribution is -2.15. The second kappa shape index (κ2) is 9.94. The van der Waals surface area contributed by atoms with Gasteiger partial charge in [-0.2, -0.15) is 15.7 Å². The van der Waals surface area contributed by atoms with Crippen molar-refractivity contribution in [1.29, 1.82) is 0 Å². The fourth-order valence-corrected chi connectivity index (χ4v) is 4.35. The van der Waals surface area contributed by atoms with Crippen LogP contribution in [0.4, 0.5) is 10.9 Å².